The van der Waals surface area contributed by atoms with Crippen molar-refractivity contribution in [3.63, 3.8) is 0 Å². The van der Waals surface area contributed by atoms with Gasteiger partial charge in [-0.2, -0.15) is 0 Å². The van der Waals surface area contributed by atoms with Crippen LogP contribution in [-0.2, 0) is 5.41 Å². The largest absolute Gasteiger partial charge is 0.453 e. The molecule has 3 heteroatoms. The number of fused-ring (bicyclic) bond motifs is 8. The lowest BCUT2D eigenvalue weighted by Crippen LogP contribution is -2.28. The molecule has 0 N–H and O–H groups in total. The fourth-order valence-electron chi connectivity index (χ4n) is 9.97. The van der Waals surface area contributed by atoms with Gasteiger partial charge in [-0.15, -0.1) is 0 Å². The van der Waals surface area contributed by atoms with Crippen molar-refractivity contribution in [2.24, 2.45) is 0 Å². The molecule has 1 aliphatic rings. The first-order valence-corrected chi connectivity index (χ1v) is 20.6. The summed E-state index contributed by atoms with van der Waals surface area (Å²) in [5.41, 5.74) is 17.7. The van der Waals surface area contributed by atoms with E-state index in [1.54, 1.807) is 0 Å². The van der Waals surface area contributed by atoms with Gasteiger partial charge in [0.15, 0.2) is 5.58 Å². The summed E-state index contributed by atoms with van der Waals surface area (Å²) < 4.78 is 9.23. The van der Waals surface area contributed by atoms with Gasteiger partial charge >= 0.3 is 0 Å². The van der Waals surface area contributed by atoms with Crippen molar-refractivity contribution in [1.29, 1.82) is 0 Å². The number of rotatable bonds is 7. The monoisotopic (exact) mass is 766 g/mol. The van der Waals surface area contributed by atoms with E-state index in [2.05, 4.69) is 240 Å². The zero-order valence-electron chi connectivity index (χ0n) is 32.7. The maximum atomic E-state index is 6.90. The Balaban J connectivity index is 1.01. The highest BCUT2D eigenvalue weighted by atomic mass is 16.3. The molecule has 0 amide bonds. The van der Waals surface area contributed by atoms with Crippen LogP contribution in [0.5, 0.6) is 0 Å². The Labute approximate surface area is 348 Å². The molecule has 282 valence electrons. The molecule has 0 radical (unpaired) electrons. The number of aromatic nitrogens is 1. The maximum absolute atomic E-state index is 6.90. The summed E-state index contributed by atoms with van der Waals surface area (Å²) in [6, 6.07) is 83.2. The van der Waals surface area contributed by atoms with Gasteiger partial charge in [-0.3, -0.25) is 0 Å². The molecular weight excluding hydrogens is 729 g/mol. The Bertz CT molecular complexity index is 3320. The van der Waals surface area contributed by atoms with Crippen molar-refractivity contribution in [2.45, 2.75) is 5.41 Å². The lowest BCUT2D eigenvalue weighted by Gasteiger charge is -2.35. The van der Waals surface area contributed by atoms with Crippen LogP contribution in [-0.4, -0.2) is 4.57 Å². The first kappa shape index (κ1) is 34.2. The third-order valence-corrected chi connectivity index (χ3v) is 12.5. The molecule has 0 atom stereocenters. The van der Waals surface area contributed by atoms with Crippen molar-refractivity contribution < 1.29 is 4.42 Å². The van der Waals surface area contributed by atoms with Crippen molar-refractivity contribution in [3.05, 3.63) is 253 Å². The van der Waals surface area contributed by atoms with Crippen LogP contribution in [0.2, 0.25) is 0 Å². The average molecular weight is 767 g/mol. The minimum absolute atomic E-state index is 0.491. The van der Waals surface area contributed by atoms with Crippen LogP contribution in [0.25, 0.3) is 60.9 Å². The molecule has 0 unspecified atom stereocenters. The number of benzene rings is 9. The number of furan rings is 1. The molecule has 1 aliphatic carbocycles. The molecule has 0 aliphatic heterocycles. The fourth-order valence-corrected chi connectivity index (χ4v) is 9.97. The van der Waals surface area contributed by atoms with Gasteiger partial charge in [0.25, 0.3) is 0 Å². The average Bonchev–Trinajstić information content (AvgIpc) is 3.96. The van der Waals surface area contributed by atoms with Gasteiger partial charge < -0.3 is 13.9 Å². The van der Waals surface area contributed by atoms with Gasteiger partial charge in [0, 0.05) is 39.1 Å². The van der Waals surface area contributed by atoms with E-state index < -0.39 is 5.41 Å². The summed E-state index contributed by atoms with van der Waals surface area (Å²) in [6.45, 7) is 0. The molecule has 3 nitrogen and oxygen atoms in total. The minimum Gasteiger partial charge on any atom is -0.453 e. The first-order valence-electron chi connectivity index (χ1n) is 20.6. The van der Waals surface area contributed by atoms with Crippen molar-refractivity contribution in [2.75, 3.05) is 4.90 Å². The zero-order valence-corrected chi connectivity index (χ0v) is 32.7. The lowest BCUT2D eigenvalue weighted by atomic mass is 9.67. The van der Waals surface area contributed by atoms with Crippen LogP contribution in [0, 0.1) is 0 Å². The summed E-state index contributed by atoms with van der Waals surface area (Å²) >= 11 is 0. The molecule has 9 aromatic carbocycles. The maximum Gasteiger partial charge on any atom is 0.161 e. The standard InChI is InChI=1S/C57H38N2O/c1-4-18-40(19-5-1)57(51-31-13-10-26-47(51)48-27-11-14-32-52(48)57)41-20-16-25-45(38-41)58(42-21-6-2-7-22-42)44-36-34-39(35-37-44)46-29-17-30-50-54-56(60-55(46)50)49-28-12-15-33-53(49)59(54)43-23-8-3-9-24-43/h1-38H. The quantitative estimate of drug-likeness (QED) is 0.161. The summed E-state index contributed by atoms with van der Waals surface area (Å²) in [4.78, 5) is 2.37. The second-order valence-electron chi connectivity index (χ2n) is 15.6. The third kappa shape index (κ3) is 5.03. The molecule has 0 fully saturated rings. The summed E-state index contributed by atoms with van der Waals surface area (Å²) in [5.74, 6) is 0. The van der Waals surface area contributed by atoms with Crippen LogP contribution in [0.1, 0.15) is 22.3 Å². The van der Waals surface area contributed by atoms with Gasteiger partial charge in [0.2, 0.25) is 0 Å². The molecule has 0 spiro atoms. The van der Waals surface area contributed by atoms with E-state index in [9.17, 15) is 0 Å². The summed E-state index contributed by atoms with van der Waals surface area (Å²) in [5, 5.41) is 2.20. The molecule has 0 saturated heterocycles. The lowest BCUT2D eigenvalue weighted by molar-refractivity contribution is 0.674. The van der Waals surface area contributed by atoms with Gasteiger partial charge in [0.05, 0.1) is 10.9 Å². The highest BCUT2D eigenvalue weighted by Gasteiger charge is 2.46. The van der Waals surface area contributed by atoms with E-state index in [-0.39, 0.29) is 0 Å². The predicted octanol–water partition coefficient (Wildman–Crippen LogP) is 15.0. The van der Waals surface area contributed by atoms with Crippen LogP contribution in [0.3, 0.4) is 0 Å². The SMILES string of the molecule is c1ccc(N(c2ccc(-c3cccc4c3oc3c5ccccc5n(-c5ccccc5)c43)cc2)c2cccc(C3(c4ccccc4)c4ccccc4-c4ccccc43)c2)cc1. The van der Waals surface area contributed by atoms with Crippen molar-refractivity contribution >= 4 is 50.0 Å². The minimum atomic E-state index is -0.491. The van der Waals surface area contributed by atoms with Gasteiger partial charge in [-0.1, -0.05) is 164 Å². The molecule has 2 heterocycles. The molecule has 60 heavy (non-hydrogen) atoms. The normalized spacial score (nSPS) is 12.8. The van der Waals surface area contributed by atoms with Crippen LogP contribution in [0.15, 0.2) is 235 Å². The van der Waals surface area contributed by atoms with Gasteiger partial charge in [-0.25, -0.2) is 0 Å². The zero-order chi connectivity index (χ0) is 39.6. The summed E-state index contributed by atoms with van der Waals surface area (Å²) in [7, 11) is 0. The topological polar surface area (TPSA) is 21.3 Å². The predicted molar refractivity (Wildman–Crippen MR) is 248 cm³/mol. The molecule has 12 rings (SSSR count). The van der Waals surface area contributed by atoms with Crippen LogP contribution < -0.4 is 4.90 Å². The van der Waals surface area contributed by atoms with Crippen molar-refractivity contribution in [3.8, 4) is 27.9 Å². The number of para-hydroxylation sites is 4. The fraction of sp³-hybridized carbons (Fsp3) is 0.0175. The van der Waals surface area contributed by atoms with E-state index in [1.807, 2.05) is 0 Å². The van der Waals surface area contributed by atoms with E-state index in [0.717, 1.165) is 66.8 Å². The van der Waals surface area contributed by atoms with Gasteiger partial charge in [-0.05, 0) is 106 Å². The number of nitrogens with zero attached hydrogens (tertiary/aromatic N) is 2. The van der Waals surface area contributed by atoms with E-state index >= 15 is 0 Å². The Hall–Kier alpha value is -7.88. The van der Waals surface area contributed by atoms with Crippen LogP contribution >= 0.6 is 0 Å². The summed E-state index contributed by atoms with van der Waals surface area (Å²) in [6.07, 6.45) is 0. The highest BCUT2D eigenvalue weighted by Crippen LogP contribution is 2.56. The van der Waals surface area contributed by atoms with Gasteiger partial charge in [0.1, 0.15) is 11.1 Å². The molecule has 11 aromatic rings. The van der Waals surface area contributed by atoms with Crippen LogP contribution in [0.4, 0.5) is 17.1 Å². The Morgan fingerprint density at radius 2 is 0.917 bits per heavy atom. The number of hydrogen-bond donors (Lipinski definition) is 0. The smallest absolute Gasteiger partial charge is 0.161 e. The Morgan fingerprint density at radius 3 is 1.65 bits per heavy atom. The Kier molecular flexibility index (Phi) is 7.76. The third-order valence-electron chi connectivity index (χ3n) is 12.5. The second-order valence-corrected chi connectivity index (χ2v) is 15.6. The molecule has 2 aromatic heterocycles. The molecule has 0 saturated carbocycles. The van der Waals surface area contributed by atoms with E-state index in [0.29, 0.717) is 0 Å². The second kappa shape index (κ2) is 13.6. The number of hydrogen-bond acceptors (Lipinski definition) is 2. The van der Waals surface area contributed by atoms with E-state index in [1.165, 1.54) is 33.4 Å². The Morgan fingerprint density at radius 1 is 0.383 bits per heavy atom. The molecule has 0 bridgehead atoms. The van der Waals surface area contributed by atoms with E-state index in [4.69, 9.17) is 4.42 Å². The highest BCUT2D eigenvalue weighted by molar-refractivity contribution is 6.18. The molecular formula is C57H38N2O. The number of anilines is 3. The first-order chi connectivity index (χ1) is 29.8. The van der Waals surface area contributed by atoms with Crippen molar-refractivity contribution in [1.82, 2.24) is 4.57 Å².